The molecule has 0 aliphatic rings. The number of aryl methyl sites for hydroxylation is 1. The number of aromatic nitrogens is 1. The maximum atomic E-state index is 12.5. The Balaban J connectivity index is 1.84. The van der Waals surface area contributed by atoms with Gasteiger partial charge in [0.25, 0.3) is 0 Å². The van der Waals surface area contributed by atoms with E-state index >= 15 is 0 Å². The van der Waals surface area contributed by atoms with Gasteiger partial charge in [0.15, 0.2) is 5.75 Å². The monoisotopic (exact) mass is 397 g/mol. The molecule has 0 unspecified atom stereocenters. The molecule has 0 aliphatic heterocycles. The van der Waals surface area contributed by atoms with Crippen molar-refractivity contribution < 1.29 is 14.3 Å². The lowest BCUT2D eigenvalue weighted by Crippen LogP contribution is -2.28. The third-order valence-corrected chi connectivity index (χ3v) is 4.91. The van der Waals surface area contributed by atoms with Crippen LogP contribution in [0.5, 0.6) is 5.75 Å². The zero-order chi connectivity index (χ0) is 21.3. The van der Waals surface area contributed by atoms with E-state index in [2.05, 4.69) is 5.32 Å². The Bertz CT molecular complexity index is 1210. The molecule has 8 heteroatoms. The number of carbonyl (C=O) groups is 1. The molecule has 2 aromatic heterocycles. The molecule has 152 valence electrons. The highest BCUT2D eigenvalue weighted by Crippen LogP contribution is 2.23. The lowest BCUT2D eigenvalue weighted by molar-refractivity contribution is -0.120. The van der Waals surface area contributed by atoms with Crippen LogP contribution >= 0.6 is 0 Å². The summed E-state index contributed by atoms with van der Waals surface area (Å²) in [5.74, 6) is -0.734. The molecule has 0 saturated carbocycles. The number of aromatic hydroxyl groups is 1. The second kappa shape index (κ2) is 7.83. The molecule has 0 fully saturated rings. The summed E-state index contributed by atoms with van der Waals surface area (Å²) in [6.07, 6.45) is -0.0378. The maximum Gasteiger partial charge on any atom is 0.336 e. The molecule has 0 aliphatic carbocycles. The van der Waals surface area contributed by atoms with Crippen LogP contribution in [0.1, 0.15) is 17.0 Å². The summed E-state index contributed by atoms with van der Waals surface area (Å²) < 4.78 is 6.92. The third-order valence-electron chi connectivity index (χ3n) is 4.91. The van der Waals surface area contributed by atoms with E-state index in [1.54, 1.807) is 24.6 Å². The smallest absolute Gasteiger partial charge is 0.336 e. The quantitative estimate of drug-likeness (QED) is 0.631. The average Bonchev–Trinajstić information content (AvgIpc) is 2.65. The molecule has 1 amide bonds. The summed E-state index contributed by atoms with van der Waals surface area (Å²) >= 11 is 0. The first-order valence-corrected chi connectivity index (χ1v) is 9.06. The van der Waals surface area contributed by atoms with Gasteiger partial charge >= 0.3 is 5.63 Å². The lowest BCUT2D eigenvalue weighted by atomic mass is 10.1. The van der Waals surface area contributed by atoms with Gasteiger partial charge in [0.05, 0.1) is 18.7 Å². The minimum Gasteiger partial charge on any atom is -0.503 e. The zero-order valence-corrected chi connectivity index (χ0v) is 16.8. The Kier molecular flexibility index (Phi) is 5.45. The minimum atomic E-state index is -0.532. The van der Waals surface area contributed by atoms with Crippen LogP contribution in [0.2, 0.25) is 0 Å². The van der Waals surface area contributed by atoms with Crippen LogP contribution in [0.4, 0.5) is 5.69 Å². The Hall–Kier alpha value is -3.55. The van der Waals surface area contributed by atoms with Crippen LogP contribution in [-0.4, -0.2) is 29.7 Å². The molecule has 3 rings (SSSR count). The van der Waals surface area contributed by atoms with E-state index in [4.69, 9.17) is 4.42 Å². The zero-order valence-electron chi connectivity index (χ0n) is 16.8. The number of hydrogen-bond donors (Lipinski definition) is 2. The van der Waals surface area contributed by atoms with Crippen molar-refractivity contribution in [1.82, 2.24) is 9.88 Å². The van der Waals surface area contributed by atoms with E-state index in [-0.39, 0.29) is 24.6 Å². The molecule has 0 radical (unpaired) electrons. The largest absolute Gasteiger partial charge is 0.503 e. The summed E-state index contributed by atoms with van der Waals surface area (Å²) in [6, 6.07) is 8.07. The highest BCUT2D eigenvalue weighted by Gasteiger charge is 2.14. The van der Waals surface area contributed by atoms with Crippen molar-refractivity contribution in [3.63, 3.8) is 0 Å². The van der Waals surface area contributed by atoms with Gasteiger partial charge in [0, 0.05) is 56.1 Å². The van der Waals surface area contributed by atoms with E-state index in [9.17, 15) is 19.5 Å². The topological polar surface area (TPSA) is 105 Å². The summed E-state index contributed by atoms with van der Waals surface area (Å²) in [6.45, 7) is 1.73. The normalized spacial score (nSPS) is 10.9. The molecule has 3 aromatic rings. The van der Waals surface area contributed by atoms with Crippen molar-refractivity contribution in [2.75, 3.05) is 19.0 Å². The van der Waals surface area contributed by atoms with E-state index < -0.39 is 11.1 Å². The highest BCUT2D eigenvalue weighted by molar-refractivity contribution is 5.88. The minimum absolute atomic E-state index is 0.0117. The van der Waals surface area contributed by atoms with E-state index in [1.807, 2.05) is 31.1 Å². The first-order chi connectivity index (χ1) is 13.7. The SMILES string of the molecule is Cc1cc(=O)c(O)c(CNC(=O)Cc2cc(=O)oc3cc(N(C)C)ccc23)n1C. The predicted molar refractivity (Wildman–Crippen MR) is 110 cm³/mol. The van der Waals surface area contributed by atoms with Crippen molar-refractivity contribution in [2.24, 2.45) is 7.05 Å². The molecule has 2 N–H and O–H groups in total. The summed E-state index contributed by atoms with van der Waals surface area (Å²) in [5, 5.41) is 13.4. The third kappa shape index (κ3) is 4.16. The van der Waals surface area contributed by atoms with Crippen LogP contribution in [-0.2, 0) is 24.8 Å². The molecule has 8 nitrogen and oxygen atoms in total. The number of fused-ring (bicyclic) bond motifs is 1. The van der Waals surface area contributed by atoms with Crippen LogP contribution in [0.25, 0.3) is 11.0 Å². The summed E-state index contributed by atoms with van der Waals surface area (Å²) in [7, 11) is 5.46. The molecule has 0 bridgehead atoms. The van der Waals surface area contributed by atoms with Crippen molar-refractivity contribution in [1.29, 1.82) is 0 Å². The Morgan fingerprint density at radius 2 is 1.93 bits per heavy atom. The van der Waals surface area contributed by atoms with Crippen molar-refractivity contribution >= 4 is 22.6 Å². The number of carbonyl (C=O) groups excluding carboxylic acids is 1. The number of anilines is 1. The number of rotatable bonds is 5. The van der Waals surface area contributed by atoms with E-state index in [1.165, 1.54) is 12.1 Å². The van der Waals surface area contributed by atoms with Crippen LogP contribution in [0, 0.1) is 6.92 Å². The van der Waals surface area contributed by atoms with Gasteiger partial charge in [-0.3, -0.25) is 9.59 Å². The fraction of sp³-hybridized carbons (Fsp3) is 0.286. The number of nitrogens with one attached hydrogen (secondary N) is 1. The summed E-state index contributed by atoms with van der Waals surface area (Å²) in [4.78, 5) is 38.1. The number of pyridine rings is 1. The summed E-state index contributed by atoms with van der Waals surface area (Å²) in [5.41, 5.74) is 1.78. The fourth-order valence-corrected chi connectivity index (χ4v) is 3.13. The molecule has 29 heavy (non-hydrogen) atoms. The number of nitrogens with zero attached hydrogens (tertiary/aromatic N) is 2. The molecular weight excluding hydrogens is 374 g/mol. The van der Waals surface area contributed by atoms with Crippen molar-refractivity contribution in [2.45, 2.75) is 19.9 Å². The van der Waals surface area contributed by atoms with Crippen LogP contribution < -0.4 is 21.3 Å². The van der Waals surface area contributed by atoms with Crippen molar-refractivity contribution in [3.05, 3.63) is 67.9 Å². The number of hydrogen-bond acceptors (Lipinski definition) is 6. The Morgan fingerprint density at radius 1 is 1.21 bits per heavy atom. The molecule has 0 saturated heterocycles. The maximum absolute atomic E-state index is 12.5. The second-order valence-electron chi connectivity index (χ2n) is 7.12. The van der Waals surface area contributed by atoms with Crippen molar-refractivity contribution in [3.8, 4) is 5.75 Å². The second-order valence-corrected chi connectivity index (χ2v) is 7.12. The Morgan fingerprint density at radius 3 is 2.62 bits per heavy atom. The van der Waals surface area contributed by atoms with Crippen LogP contribution in [0.3, 0.4) is 0 Å². The molecule has 1 aromatic carbocycles. The number of benzene rings is 1. The van der Waals surface area contributed by atoms with Gasteiger partial charge in [-0.15, -0.1) is 0 Å². The van der Waals surface area contributed by atoms with Gasteiger partial charge in [0.2, 0.25) is 11.3 Å². The van der Waals surface area contributed by atoms with Gasteiger partial charge in [-0.2, -0.15) is 0 Å². The van der Waals surface area contributed by atoms with Crippen LogP contribution in [0.15, 0.2) is 44.3 Å². The molecular formula is C21H23N3O5. The number of amides is 1. The standard InChI is InChI=1S/C21H23N3O5/c1-12-7-17(25)21(28)16(24(12)4)11-22-19(26)8-13-9-20(27)29-18-10-14(23(2)3)5-6-15(13)18/h5-7,9-10,28H,8,11H2,1-4H3,(H,22,26). The predicted octanol–water partition coefficient (Wildman–Crippen LogP) is 1.43. The Labute approximate surface area is 167 Å². The van der Waals surface area contributed by atoms with Gasteiger partial charge in [0.1, 0.15) is 5.58 Å². The lowest BCUT2D eigenvalue weighted by Gasteiger charge is -2.15. The molecule has 0 atom stereocenters. The average molecular weight is 397 g/mol. The first-order valence-electron chi connectivity index (χ1n) is 9.06. The van der Waals surface area contributed by atoms with Gasteiger partial charge in [-0.1, -0.05) is 0 Å². The van der Waals surface area contributed by atoms with E-state index in [0.717, 1.165) is 5.69 Å². The van der Waals surface area contributed by atoms with Gasteiger partial charge in [-0.05, 0) is 24.6 Å². The first kappa shape index (κ1) is 20.2. The van der Waals surface area contributed by atoms with Gasteiger partial charge < -0.3 is 24.3 Å². The highest BCUT2D eigenvalue weighted by atomic mass is 16.4. The molecule has 0 spiro atoms. The molecule has 2 heterocycles. The van der Waals surface area contributed by atoms with Gasteiger partial charge in [-0.25, -0.2) is 4.79 Å². The fourth-order valence-electron chi connectivity index (χ4n) is 3.13. The van der Waals surface area contributed by atoms with E-state index in [0.29, 0.717) is 27.9 Å².